The lowest BCUT2D eigenvalue weighted by Gasteiger charge is -2.26. The summed E-state index contributed by atoms with van der Waals surface area (Å²) < 4.78 is 11.1. The lowest BCUT2D eigenvalue weighted by molar-refractivity contribution is -0.161. The molecule has 1 aliphatic heterocycles. The fourth-order valence-electron chi connectivity index (χ4n) is 1.27. The van der Waals surface area contributed by atoms with Gasteiger partial charge in [-0.1, -0.05) is 29.8 Å². The molecule has 0 spiro atoms. The van der Waals surface area contributed by atoms with Crippen LogP contribution in [-0.4, -0.2) is 24.3 Å². The molecule has 2 atom stereocenters. The van der Waals surface area contributed by atoms with Crippen molar-refractivity contribution in [2.45, 2.75) is 44.2 Å². The van der Waals surface area contributed by atoms with Gasteiger partial charge in [-0.2, -0.15) is 0 Å². The van der Waals surface area contributed by atoms with Crippen LogP contribution < -0.4 is 0 Å². The molecule has 1 saturated heterocycles. The molecular weight excluding hydrogens is 232 g/mol. The van der Waals surface area contributed by atoms with Crippen LogP contribution in [0.4, 0.5) is 0 Å². The summed E-state index contributed by atoms with van der Waals surface area (Å²) in [5.41, 5.74) is 0. The SMILES string of the molecule is CC(C)CCO[C@@H]1CC(Br)CCO1. The molecule has 0 aromatic carbocycles. The molecule has 0 aliphatic carbocycles. The lowest BCUT2D eigenvalue weighted by Crippen LogP contribution is -2.28. The Morgan fingerprint density at radius 3 is 2.92 bits per heavy atom. The van der Waals surface area contributed by atoms with Gasteiger partial charge in [-0.05, 0) is 18.8 Å². The van der Waals surface area contributed by atoms with E-state index in [0.29, 0.717) is 10.7 Å². The number of alkyl halides is 1. The van der Waals surface area contributed by atoms with Gasteiger partial charge in [0.2, 0.25) is 0 Å². The second-order valence-corrected chi connectivity index (χ2v) is 5.27. The highest BCUT2D eigenvalue weighted by Crippen LogP contribution is 2.21. The first-order valence-corrected chi connectivity index (χ1v) is 5.97. The van der Waals surface area contributed by atoms with Crippen LogP contribution in [0.3, 0.4) is 0 Å². The molecule has 2 nitrogen and oxygen atoms in total. The molecule has 0 aromatic heterocycles. The van der Waals surface area contributed by atoms with E-state index in [1.807, 2.05) is 0 Å². The van der Waals surface area contributed by atoms with E-state index in [-0.39, 0.29) is 6.29 Å². The molecular formula is C10H19BrO2. The van der Waals surface area contributed by atoms with Gasteiger partial charge in [0, 0.05) is 17.9 Å². The van der Waals surface area contributed by atoms with Crippen molar-refractivity contribution in [2.24, 2.45) is 5.92 Å². The van der Waals surface area contributed by atoms with Crippen LogP contribution in [0, 0.1) is 5.92 Å². The van der Waals surface area contributed by atoms with Gasteiger partial charge in [0.05, 0.1) is 6.61 Å². The summed E-state index contributed by atoms with van der Waals surface area (Å²) in [6.45, 7) is 6.06. The Hall–Kier alpha value is 0.400. The number of ether oxygens (including phenoxy) is 2. The maximum absolute atomic E-state index is 5.61. The predicted molar refractivity (Wildman–Crippen MR) is 57.1 cm³/mol. The second-order valence-electron chi connectivity index (χ2n) is 3.98. The van der Waals surface area contributed by atoms with E-state index >= 15 is 0 Å². The molecule has 0 bridgehead atoms. The summed E-state index contributed by atoms with van der Waals surface area (Å²) in [4.78, 5) is 0.574. The normalized spacial score (nSPS) is 29.5. The van der Waals surface area contributed by atoms with Gasteiger partial charge in [0.15, 0.2) is 6.29 Å². The Morgan fingerprint density at radius 2 is 2.31 bits per heavy atom. The summed E-state index contributed by atoms with van der Waals surface area (Å²) in [7, 11) is 0. The molecule has 13 heavy (non-hydrogen) atoms. The molecule has 1 rings (SSSR count). The average molecular weight is 251 g/mol. The van der Waals surface area contributed by atoms with Gasteiger partial charge >= 0.3 is 0 Å². The zero-order valence-electron chi connectivity index (χ0n) is 8.46. The standard InChI is InChI=1S/C10H19BrO2/c1-8(2)3-5-12-10-7-9(11)4-6-13-10/h8-10H,3-7H2,1-2H3/t9?,10-/m0/s1. The van der Waals surface area contributed by atoms with Gasteiger partial charge < -0.3 is 9.47 Å². The van der Waals surface area contributed by atoms with Crippen molar-refractivity contribution in [1.29, 1.82) is 0 Å². The largest absolute Gasteiger partial charge is 0.353 e. The van der Waals surface area contributed by atoms with Crippen molar-refractivity contribution >= 4 is 15.9 Å². The van der Waals surface area contributed by atoms with Crippen LogP contribution in [0.15, 0.2) is 0 Å². The molecule has 0 saturated carbocycles. The zero-order chi connectivity index (χ0) is 9.68. The van der Waals surface area contributed by atoms with E-state index in [0.717, 1.165) is 32.5 Å². The van der Waals surface area contributed by atoms with Crippen LogP contribution in [0.1, 0.15) is 33.1 Å². The second kappa shape index (κ2) is 5.99. The van der Waals surface area contributed by atoms with Gasteiger partial charge in [-0.3, -0.25) is 0 Å². The van der Waals surface area contributed by atoms with Crippen LogP contribution >= 0.6 is 15.9 Å². The van der Waals surface area contributed by atoms with E-state index in [9.17, 15) is 0 Å². The fraction of sp³-hybridized carbons (Fsp3) is 1.00. The number of hydrogen-bond acceptors (Lipinski definition) is 2. The summed E-state index contributed by atoms with van der Waals surface area (Å²) in [5.74, 6) is 0.711. The Morgan fingerprint density at radius 1 is 1.54 bits per heavy atom. The smallest absolute Gasteiger partial charge is 0.158 e. The van der Waals surface area contributed by atoms with Gasteiger partial charge in [-0.25, -0.2) is 0 Å². The van der Waals surface area contributed by atoms with Crippen molar-refractivity contribution in [3.63, 3.8) is 0 Å². The fourth-order valence-corrected chi connectivity index (χ4v) is 1.77. The minimum absolute atomic E-state index is 0.0249. The summed E-state index contributed by atoms with van der Waals surface area (Å²) in [6, 6.07) is 0. The third-order valence-corrected chi connectivity index (χ3v) is 3.01. The molecule has 1 fully saturated rings. The van der Waals surface area contributed by atoms with Crippen molar-refractivity contribution in [1.82, 2.24) is 0 Å². The Balaban J connectivity index is 2.06. The predicted octanol–water partition coefficient (Wildman–Crippen LogP) is 2.95. The highest BCUT2D eigenvalue weighted by molar-refractivity contribution is 9.09. The number of hydrogen-bond donors (Lipinski definition) is 0. The molecule has 3 heteroatoms. The molecule has 1 aliphatic rings. The van der Waals surface area contributed by atoms with Crippen molar-refractivity contribution < 1.29 is 9.47 Å². The Bertz CT molecular complexity index is 139. The minimum Gasteiger partial charge on any atom is -0.353 e. The van der Waals surface area contributed by atoms with Gasteiger partial charge in [-0.15, -0.1) is 0 Å². The van der Waals surface area contributed by atoms with Crippen molar-refractivity contribution in [2.75, 3.05) is 13.2 Å². The summed E-state index contributed by atoms with van der Waals surface area (Å²) in [6.07, 6.45) is 3.23. The summed E-state index contributed by atoms with van der Waals surface area (Å²) >= 11 is 3.59. The molecule has 0 radical (unpaired) electrons. The lowest BCUT2D eigenvalue weighted by atomic mass is 10.1. The number of rotatable bonds is 4. The molecule has 1 heterocycles. The highest BCUT2D eigenvalue weighted by atomic mass is 79.9. The van der Waals surface area contributed by atoms with Crippen LogP contribution in [0.25, 0.3) is 0 Å². The molecule has 0 N–H and O–H groups in total. The van der Waals surface area contributed by atoms with E-state index < -0.39 is 0 Å². The molecule has 1 unspecified atom stereocenters. The zero-order valence-corrected chi connectivity index (χ0v) is 10.0. The van der Waals surface area contributed by atoms with Crippen LogP contribution in [-0.2, 0) is 9.47 Å². The minimum atomic E-state index is 0.0249. The van der Waals surface area contributed by atoms with Crippen molar-refractivity contribution in [3.05, 3.63) is 0 Å². The Labute approximate surface area is 89.1 Å². The van der Waals surface area contributed by atoms with Crippen LogP contribution in [0.2, 0.25) is 0 Å². The topological polar surface area (TPSA) is 18.5 Å². The number of halogens is 1. The Kier molecular flexibility index (Phi) is 5.29. The molecule has 0 aromatic rings. The first kappa shape index (κ1) is 11.5. The van der Waals surface area contributed by atoms with E-state index in [1.54, 1.807) is 0 Å². The first-order chi connectivity index (χ1) is 6.18. The molecule has 0 amide bonds. The van der Waals surface area contributed by atoms with Gasteiger partial charge in [0.1, 0.15) is 0 Å². The van der Waals surface area contributed by atoms with Crippen molar-refractivity contribution in [3.8, 4) is 0 Å². The molecule has 78 valence electrons. The third kappa shape index (κ3) is 4.99. The summed E-state index contributed by atoms with van der Waals surface area (Å²) in [5, 5.41) is 0. The monoisotopic (exact) mass is 250 g/mol. The first-order valence-electron chi connectivity index (χ1n) is 5.05. The third-order valence-electron chi connectivity index (χ3n) is 2.18. The quantitative estimate of drug-likeness (QED) is 0.715. The van der Waals surface area contributed by atoms with E-state index in [1.165, 1.54) is 0 Å². The van der Waals surface area contributed by atoms with Crippen LogP contribution in [0.5, 0.6) is 0 Å². The maximum atomic E-state index is 5.61. The van der Waals surface area contributed by atoms with E-state index in [2.05, 4.69) is 29.8 Å². The average Bonchev–Trinajstić information content (AvgIpc) is 2.03. The van der Waals surface area contributed by atoms with E-state index in [4.69, 9.17) is 9.47 Å². The van der Waals surface area contributed by atoms with Gasteiger partial charge in [0.25, 0.3) is 0 Å². The maximum Gasteiger partial charge on any atom is 0.158 e. The highest BCUT2D eigenvalue weighted by Gasteiger charge is 2.20.